The molecule has 1 amide bonds. The smallest absolute Gasteiger partial charge is 0.250 e. The minimum atomic E-state index is -0.400. The zero-order chi connectivity index (χ0) is 18.4. The van der Waals surface area contributed by atoms with Crippen molar-refractivity contribution in [2.75, 3.05) is 36.5 Å². The number of likely N-dealkylation sites (N-methyl/N-ethyl adjacent to an activating group) is 1. The van der Waals surface area contributed by atoms with Crippen LogP contribution in [0.2, 0.25) is 0 Å². The fourth-order valence-electron chi connectivity index (χ4n) is 3.72. The van der Waals surface area contributed by atoms with E-state index >= 15 is 0 Å². The number of hydrogen-bond acceptors (Lipinski definition) is 5. The summed E-state index contributed by atoms with van der Waals surface area (Å²) in [5, 5.41) is 0. The Balaban J connectivity index is 1.74. The van der Waals surface area contributed by atoms with Crippen molar-refractivity contribution in [1.29, 1.82) is 0 Å². The van der Waals surface area contributed by atoms with E-state index in [1.54, 1.807) is 36.5 Å². The molecule has 136 valence electrons. The molecule has 1 saturated heterocycles. The molecule has 4 rings (SSSR count). The lowest BCUT2D eigenvalue weighted by Crippen LogP contribution is -2.63. The number of pyridine rings is 2. The van der Waals surface area contributed by atoms with Crippen molar-refractivity contribution in [2.24, 2.45) is 0 Å². The van der Waals surface area contributed by atoms with Crippen LogP contribution in [-0.2, 0) is 4.79 Å². The molecule has 0 radical (unpaired) electrons. The predicted molar refractivity (Wildman–Crippen MR) is 98.7 cm³/mol. The third-order valence-electron chi connectivity index (χ3n) is 5.27. The first-order valence-electron chi connectivity index (χ1n) is 8.86. The third-order valence-corrected chi connectivity index (χ3v) is 5.27. The first kappa shape index (κ1) is 16.9. The van der Waals surface area contributed by atoms with E-state index in [9.17, 15) is 9.18 Å². The summed E-state index contributed by atoms with van der Waals surface area (Å²) in [5.41, 5.74) is 1.52. The molecule has 1 atom stereocenters. The van der Waals surface area contributed by atoms with E-state index in [1.165, 1.54) is 6.07 Å². The molecule has 2 aliphatic heterocycles. The number of rotatable bonds is 2. The lowest BCUT2D eigenvalue weighted by atomic mass is 10.0. The summed E-state index contributed by atoms with van der Waals surface area (Å²) in [5.74, 6) is 0.423. The molecule has 1 fully saturated rings. The molecule has 2 aromatic heterocycles. The van der Waals surface area contributed by atoms with Crippen LogP contribution in [-0.4, -0.2) is 59.5 Å². The van der Waals surface area contributed by atoms with E-state index in [4.69, 9.17) is 0 Å². The van der Waals surface area contributed by atoms with Crippen LogP contribution in [0.3, 0.4) is 0 Å². The van der Waals surface area contributed by atoms with Gasteiger partial charge in [-0.2, -0.15) is 0 Å². The first-order valence-corrected chi connectivity index (χ1v) is 8.86. The van der Waals surface area contributed by atoms with Crippen molar-refractivity contribution in [1.82, 2.24) is 14.9 Å². The quantitative estimate of drug-likeness (QED) is 0.826. The van der Waals surface area contributed by atoms with Crippen molar-refractivity contribution >= 4 is 17.4 Å². The lowest BCUT2D eigenvalue weighted by Gasteiger charge is -2.47. The molecule has 7 heteroatoms. The fraction of sp³-hybridized carbons (Fsp3) is 0.421. The van der Waals surface area contributed by atoms with E-state index in [-0.39, 0.29) is 17.6 Å². The van der Waals surface area contributed by atoms with Gasteiger partial charge in [-0.15, -0.1) is 0 Å². The SMILES string of the molecule is CC(C)N1CCN2c3ncc(-c4ncccc4F)cc3N(C)C(=O)C2C1. The molecule has 0 aliphatic carbocycles. The Labute approximate surface area is 152 Å². The van der Waals surface area contributed by atoms with Gasteiger partial charge < -0.3 is 9.80 Å². The number of anilines is 2. The highest BCUT2D eigenvalue weighted by Crippen LogP contribution is 2.37. The average Bonchev–Trinajstić information content (AvgIpc) is 2.65. The zero-order valence-electron chi connectivity index (χ0n) is 15.2. The molecule has 0 N–H and O–H groups in total. The van der Waals surface area contributed by atoms with Crippen LogP contribution in [0.15, 0.2) is 30.6 Å². The number of fused-ring (bicyclic) bond motifs is 3. The van der Waals surface area contributed by atoms with Gasteiger partial charge in [0, 0.05) is 50.7 Å². The Morgan fingerprint density at radius 1 is 1.27 bits per heavy atom. The average molecular weight is 355 g/mol. The number of aromatic nitrogens is 2. The fourth-order valence-corrected chi connectivity index (χ4v) is 3.72. The standard InChI is InChI=1S/C19H22FN5O/c1-12(2)24-7-8-25-16(11-24)19(26)23(3)15-9-13(10-22-18(15)25)17-14(20)5-4-6-21-17/h4-6,9-10,12,16H,7-8,11H2,1-3H3. The van der Waals surface area contributed by atoms with Gasteiger partial charge in [0.05, 0.1) is 5.69 Å². The van der Waals surface area contributed by atoms with Crippen molar-refractivity contribution in [3.63, 3.8) is 0 Å². The minimum absolute atomic E-state index is 0.0447. The number of amides is 1. The van der Waals surface area contributed by atoms with E-state index in [0.717, 1.165) is 18.9 Å². The number of carbonyl (C=O) groups is 1. The molecule has 0 saturated carbocycles. The number of hydrogen-bond donors (Lipinski definition) is 0. The first-order chi connectivity index (χ1) is 12.5. The highest BCUT2D eigenvalue weighted by atomic mass is 19.1. The maximum Gasteiger partial charge on any atom is 0.250 e. The second-order valence-corrected chi connectivity index (χ2v) is 7.10. The monoisotopic (exact) mass is 355 g/mol. The van der Waals surface area contributed by atoms with E-state index in [2.05, 4.69) is 33.6 Å². The van der Waals surface area contributed by atoms with Crippen LogP contribution >= 0.6 is 0 Å². The van der Waals surface area contributed by atoms with Crippen molar-refractivity contribution in [3.05, 3.63) is 36.4 Å². The van der Waals surface area contributed by atoms with Crippen LogP contribution in [0, 0.1) is 5.82 Å². The third kappa shape index (κ3) is 2.63. The van der Waals surface area contributed by atoms with E-state index in [1.807, 2.05) is 0 Å². The topological polar surface area (TPSA) is 52.6 Å². The Kier molecular flexibility index (Phi) is 4.11. The summed E-state index contributed by atoms with van der Waals surface area (Å²) in [6.45, 7) is 6.63. The van der Waals surface area contributed by atoms with Gasteiger partial charge in [-0.25, -0.2) is 9.37 Å². The van der Waals surface area contributed by atoms with Gasteiger partial charge in [0.2, 0.25) is 0 Å². The summed E-state index contributed by atoms with van der Waals surface area (Å²) in [7, 11) is 1.76. The van der Waals surface area contributed by atoms with Crippen LogP contribution in [0.5, 0.6) is 0 Å². The molecule has 2 aliphatic rings. The van der Waals surface area contributed by atoms with Crippen LogP contribution < -0.4 is 9.80 Å². The van der Waals surface area contributed by atoms with Gasteiger partial charge >= 0.3 is 0 Å². The molecule has 4 heterocycles. The molecule has 2 aromatic rings. The molecule has 0 spiro atoms. The minimum Gasteiger partial charge on any atom is -0.340 e. The largest absolute Gasteiger partial charge is 0.340 e. The van der Waals surface area contributed by atoms with Gasteiger partial charge in [-0.1, -0.05) is 0 Å². The van der Waals surface area contributed by atoms with Gasteiger partial charge in [-0.05, 0) is 32.0 Å². The van der Waals surface area contributed by atoms with Crippen molar-refractivity contribution in [3.8, 4) is 11.3 Å². The molecular formula is C19H22FN5O. The zero-order valence-corrected chi connectivity index (χ0v) is 15.2. The second kappa shape index (κ2) is 6.32. The van der Waals surface area contributed by atoms with E-state index in [0.29, 0.717) is 23.8 Å². The molecular weight excluding hydrogens is 333 g/mol. The Hall–Kier alpha value is -2.54. The molecule has 1 unspecified atom stereocenters. The Morgan fingerprint density at radius 2 is 2.08 bits per heavy atom. The highest BCUT2D eigenvalue weighted by Gasteiger charge is 2.41. The van der Waals surface area contributed by atoms with Crippen LogP contribution in [0.25, 0.3) is 11.3 Å². The predicted octanol–water partition coefficient (Wildman–Crippen LogP) is 2.16. The highest BCUT2D eigenvalue weighted by molar-refractivity contribution is 6.05. The normalized spacial score (nSPS) is 20.3. The maximum atomic E-state index is 14.1. The molecule has 26 heavy (non-hydrogen) atoms. The van der Waals surface area contributed by atoms with Crippen molar-refractivity contribution < 1.29 is 9.18 Å². The van der Waals surface area contributed by atoms with Gasteiger partial charge in [-0.3, -0.25) is 14.7 Å². The molecule has 0 aromatic carbocycles. The van der Waals surface area contributed by atoms with Gasteiger partial charge in [0.1, 0.15) is 17.6 Å². The summed E-state index contributed by atoms with van der Waals surface area (Å²) in [6, 6.07) is 4.90. The van der Waals surface area contributed by atoms with Crippen molar-refractivity contribution in [2.45, 2.75) is 25.9 Å². The van der Waals surface area contributed by atoms with Gasteiger partial charge in [0.25, 0.3) is 5.91 Å². The summed E-state index contributed by atoms with van der Waals surface area (Å²) < 4.78 is 14.1. The number of carbonyl (C=O) groups excluding carboxylic acids is 1. The van der Waals surface area contributed by atoms with Gasteiger partial charge in [0.15, 0.2) is 5.82 Å². The maximum absolute atomic E-state index is 14.1. The lowest BCUT2D eigenvalue weighted by molar-refractivity contribution is -0.121. The Morgan fingerprint density at radius 3 is 2.81 bits per heavy atom. The van der Waals surface area contributed by atoms with Crippen LogP contribution in [0.1, 0.15) is 13.8 Å². The summed E-state index contributed by atoms with van der Waals surface area (Å²) in [4.78, 5) is 27.7. The summed E-state index contributed by atoms with van der Waals surface area (Å²) in [6.07, 6.45) is 3.19. The molecule has 0 bridgehead atoms. The van der Waals surface area contributed by atoms with Crippen LogP contribution in [0.4, 0.5) is 15.9 Å². The van der Waals surface area contributed by atoms with E-state index < -0.39 is 5.82 Å². The number of piperazine rings is 1. The number of halogens is 1. The number of nitrogens with zero attached hydrogens (tertiary/aromatic N) is 5. The molecule has 6 nitrogen and oxygen atoms in total. The Bertz CT molecular complexity index is 856. The summed E-state index contributed by atoms with van der Waals surface area (Å²) >= 11 is 0. The second-order valence-electron chi connectivity index (χ2n) is 7.10.